The first-order valence-corrected chi connectivity index (χ1v) is 11.6. The monoisotopic (exact) mass is 470 g/mol. The van der Waals surface area contributed by atoms with Crippen molar-refractivity contribution in [1.29, 1.82) is 0 Å². The summed E-state index contributed by atoms with van der Waals surface area (Å²) in [5.41, 5.74) is 2.74. The van der Waals surface area contributed by atoms with Gasteiger partial charge in [-0.2, -0.15) is 29.2 Å². The fraction of sp³-hybridized carbons (Fsp3) is 0.107. The fourth-order valence-electron chi connectivity index (χ4n) is 2.25. The van der Waals surface area contributed by atoms with Gasteiger partial charge in [-0.3, -0.25) is 4.55 Å². The van der Waals surface area contributed by atoms with Crippen molar-refractivity contribution in [3.05, 3.63) is 131 Å². The van der Waals surface area contributed by atoms with Crippen LogP contribution in [0.3, 0.4) is 0 Å². The second-order valence-corrected chi connectivity index (χ2v) is 8.71. The Balaban J connectivity index is 0.000000652. The van der Waals surface area contributed by atoms with Gasteiger partial charge in [0, 0.05) is 0 Å². The van der Waals surface area contributed by atoms with E-state index in [1.165, 1.54) is 23.6 Å². The van der Waals surface area contributed by atoms with Crippen molar-refractivity contribution in [2.45, 2.75) is 20.8 Å². The molecule has 0 spiro atoms. The van der Waals surface area contributed by atoms with E-state index in [9.17, 15) is 13.0 Å². The smallest absolute Gasteiger partial charge is 0.323 e. The molecule has 0 heterocycles. The van der Waals surface area contributed by atoms with Gasteiger partial charge in [-0.25, -0.2) is 0 Å². The normalized spacial score (nSPS) is 10.9. The fourth-order valence-corrected chi connectivity index (χ4v) is 2.78. The average Bonchev–Trinajstić information content (AvgIpc) is 2.78. The van der Waals surface area contributed by atoms with Crippen LogP contribution in [0.5, 0.6) is 0 Å². The predicted molar refractivity (Wildman–Crippen MR) is 138 cm³/mol. The van der Waals surface area contributed by atoms with Gasteiger partial charge in [-0.05, 0) is 28.8 Å². The van der Waals surface area contributed by atoms with Crippen molar-refractivity contribution in [1.82, 2.24) is 0 Å². The van der Waals surface area contributed by atoms with Crippen LogP contribution in [0.25, 0.3) is 18.2 Å². The van der Waals surface area contributed by atoms with Crippen molar-refractivity contribution >= 4 is 28.3 Å². The number of hydrogen-bond acceptors (Lipinski definition) is 2. The summed E-state index contributed by atoms with van der Waals surface area (Å²) in [7, 11) is -4.26. The van der Waals surface area contributed by atoms with Gasteiger partial charge in [0.25, 0.3) is 10.1 Å². The minimum Gasteiger partial charge on any atom is -0.323 e. The molecule has 0 fully saturated rings. The first-order chi connectivity index (χ1) is 15.2. The standard InChI is InChI=1S/C16H14O3S.C8H8.C4H9.Na/c17-20(18,19)16(13-15-9-5-2-6-10-15)12-11-14-7-3-1-4-8-14;1-2-8-6-4-3-5-7-8;1-4(2)3;/h1-13H,(H,17,18,19);2-7H,1H2;1-3H3;/q;;-1;+1. The molecule has 0 aliphatic rings. The van der Waals surface area contributed by atoms with E-state index in [2.05, 4.69) is 27.4 Å². The molecule has 0 aliphatic carbocycles. The summed E-state index contributed by atoms with van der Waals surface area (Å²) < 4.78 is 32.1. The van der Waals surface area contributed by atoms with Crippen molar-refractivity contribution in [2.24, 2.45) is 0 Å². The van der Waals surface area contributed by atoms with Gasteiger partial charge in [-0.1, -0.05) is 110 Å². The van der Waals surface area contributed by atoms with Crippen LogP contribution in [0.4, 0.5) is 0 Å². The van der Waals surface area contributed by atoms with E-state index in [-0.39, 0.29) is 34.5 Å². The van der Waals surface area contributed by atoms with Gasteiger partial charge in [0.05, 0.1) is 4.91 Å². The van der Waals surface area contributed by atoms with Gasteiger partial charge in [0.1, 0.15) is 0 Å². The van der Waals surface area contributed by atoms with E-state index in [4.69, 9.17) is 0 Å². The average molecular weight is 471 g/mol. The summed E-state index contributed by atoms with van der Waals surface area (Å²) in [4.78, 5) is -0.146. The Morgan fingerprint density at radius 3 is 1.45 bits per heavy atom. The summed E-state index contributed by atoms with van der Waals surface area (Å²) >= 11 is 0. The molecule has 0 aromatic heterocycles. The van der Waals surface area contributed by atoms with Crippen molar-refractivity contribution in [3.63, 3.8) is 0 Å². The van der Waals surface area contributed by atoms with Crippen molar-refractivity contribution in [3.8, 4) is 0 Å². The third-order valence-corrected chi connectivity index (χ3v) is 4.53. The Morgan fingerprint density at radius 1 is 0.758 bits per heavy atom. The third-order valence-electron chi connectivity index (χ3n) is 3.68. The van der Waals surface area contributed by atoms with E-state index < -0.39 is 10.1 Å². The molecule has 3 aromatic carbocycles. The molecule has 0 radical (unpaired) electrons. The van der Waals surface area contributed by atoms with Crippen molar-refractivity contribution in [2.75, 3.05) is 0 Å². The number of allylic oxidation sites excluding steroid dienone is 1. The summed E-state index contributed by atoms with van der Waals surface area (Å²) in [5.74, 6) is 1.42. The zero-order chi connectivity index (χ0) is 23.8. The molecule has 168 valence electrons. The summed E-state index contributed by atoms with van der Waals surface area (Å²) in [6.07, 6.45) is 6.29. The molecule has 0 saturated carbocycles. The van der Waals surface area contributed by atoms with Crippen LogP contribution in [-0.2, 0) is 10.1 Å². The van der Waals surface area contributed by atoms with Crippen LogP contribution >= 0.6 is 0 Å². The summed E-state index contributed by atoms with van der Waals surface area (Å²) in [6.45, 7) is 9.88. The number of hydrogen-bond donors (Lipinski definition) is 1. The quantitative estimate of drug-likeness (QED) is 0.257. The van der Waals surface area contributed by atoms with Gasteiger partial charge in [0.2, 0.25) is 0 Å². The van der Waals surface area contributed by atoms with Gasteiger partial charge >= 0.3 is 29.6 Å². The molecule has 0 saturated heterocycles. The SMILES string of the molecule is C=Cc1ccccc1.C[C-](C)C.O=S(=O)(O)C(C=Cc1ccccc1)=Cc1ccccc1.[Na+]. The third kappa shape index (κ3) is 15.3. The molecule has 5 heteroatoms. The van der Waals surface area contributed by atoms with Gasteiger partial charge < -0.3 is 5.92 Å². The molecule has 3 aromatic rings. The summed E-state index contributed by atoms with van der Waals surface area (Å²) in [6, 6.07) is 28.3. The van der Waals surface area contributed by atoms with E-state index in [1.54, 1.807) is 30.3 Å². The molecule has 0 atom stereocenters. The van der Waals surface area contributed by atoms with Crippen LogP contribution in [0, 0.1) is 5.92 Å². The van der Waals surface area contributed by atoms with Gasteiger partial charge in [-0.15, -0.1) is 0 Å². The van der Waals surface area contributed by atoms with Crippen LogP contribution in [0.1, 0.15) is 37.5 Å². The van der Waals surface area contributed by atoms with E-state index in [0.717, 1.165) is 5.56 Å². The Kier molecular flexibility index (Phi) is 16.1. The van der Waals surface area contributed by atoms with E-state index in [1.807, 2.05) is 72.8 Å². The Morgan fingerprint density at radius 2 is 1.12 bits per heavy atom. The Bertz CT molecular complexity index is 1070. The maximum Gasteiger partial charge on any atom is 1.00 e. The zero-order valence-electron chi connectivity index (χ0n) is 19.8. The molecular weight excluding hydrogens is 439 g/mol. The molecule has 1 N–H and O–H groups in total. The molecule has 3 nitrogen and oxygen atoms in total. The van der Waals surface area contributed by atoms with Gasteiger partial charge in [0.15, 0.2) is 0 Å². The molecule has 0 aliphatic heterocycles. The molecule has 0 amide bonds. The first-order valence-electron chi connectivity index (χ1n) is 10.1. The topological polar surface area (TPSA) is 54.4 Å². The second-order valence-electron chi connectivity index (χ2n) is 7.29. The number of benzene rings is 3. The maximum absolute atomic E-state index is 11.4. The molecule has 33 heavy (non-hydrogen) atoms. The van der Waals surface area contributed by atoms with Crippen LogP contribution < -0.4 is 29.6 Å². The van der Waals surface area contributed by atoms with E-state index in [0.29, 0.717) is 5.56 Å². The predicted octanol–water partition coefficient (Wildman–Crippen LogP) is 4.58. The Hall–Kier alpha value is -2.21. The van der Waals surface area contributed by atoms with Crippen molar-refractivity contribution < 1.29 is 42.5 Å². The second kappa shape index (κ2) is 17.3. The minimum absolute atomic E-state index is 0. The largest absolute Gasteiger partial charge is 1.00 e. The van der Waals surface area contributed by atoms with Crippen LogP contribution in [0.2, 0.25) is 0 Å². The first kappa shape index (κ1) is 30.8. The maximum atomic E-state index is 11.4. The van der Waals surface area contributed by atoms with Crippen LogP contribution in [-0.4, -0.2) is 13.0 Å². The van der Waals surface area contributed by atoms with Crippen LogP contribution in [0.15, 0.2) is 109 Å². The number of rotatable bonds is 5. The van der Waals surface area contributed by atoms with E-state index >= 15 is 0 Å². The zero-order valence-corrected chi connectivity index (χ0v) is 22.7. The molecule has 3 rings (SSSR count). The molecular formula is C28H31NaO3S. The molecule has 0 bridgehead atoms. The molecule has 0 unspecified atom stereocenters. The Labute approximate surface area is 221 Å². The summed E-state index contributed by atoms with van der Waals surface area (Å²) in [5, 5.41) is 0. The minimum atomic E-state index is -4.26.